The number of benzene rings is 1. The maximum atomic E-state index is 13.4. The zero-order chi connectivity index (χ0) is 14.9. The van der Waals surface area contributed by atoms with Crippen molar-refractivity contribution in [2.75, 3.05) is 20.0 Å². The van der Waals surface area contributed by atoms with Crippen LogP contribution in [0.1, 0.15) is 16.3 Å². The first-order valence-corrected chi connectivity index (χ1v) is 5.76. The number of imidazole rings is 1. The van der Waals surface area contributed by atoms with Gasteiger partial charge in [0.25, 0.3) is 0 Å². The zero-order valence-electron chi connectivity index (χ0n) is 11.3. The van der Waals surface area contributed by atoms with Gasteiger partial charge < -0.3 is 15.2 Å². The van der Waals surface area contributed by atoms with E-state index in [1.165, 1.54) is 37.0 Å². The van der Waals surface area contributed by atoms with E-state index in [0.717, 1.165) is 0 Å². The molecule has 0 spiro atoms. The molecule has 1 heterocycles. The van der Waals surface area contributed by atoms with Crippen molar-refractivity contribution in [3.05, 3.63) is 35.5 Å². The third-order valence-electron chi connectivity index (χ3n) is 2.85. The SMILES string of the molecule is COC(=O)c1nc(C)n(-c2ccc(F)c(OC)c2)c1N. The maximum Gasteiger partial charge on any atom is 0.360 e. The van der Waals surface area contributed by atoms with E-state index in [2.05, 4.69) is 9.72 Å². The van der Waals surface area contributed by atoms with Crippen molar-refractivity contribution in [1.29, 1.82) is 0 Å². The van der Waals surface area contributed by atoms with Crippen LogP contribution in [0.3, 0.4) is 0 Å². The van der Waals surface area contributed by atoms with E-state index in [4.69, 9.17) is 10.5 Å². The number of nitrogens with two attached hydrogens (primary N) is 1. The number of carbonyl (C=O) groups excluding carboxylic acids is 1. The van der Waals surface area contributed by atoms with Crippen LogP contribution in [0.2, 0.25) is 0 Å². The van der Waals surface area contributed by atoms with Gasteiger partial charge in [-0.3, -0.25) is 4.57 Å². The summed E-state index contributed by atoms with van der Waals surface area (Å²) in [6.07, 6.45) is 0. The highest BCUT2D eigenvalue weighted by molar-refractivity contribution is 5.92. The number of nitrogens with zero attached hydrogens (tertiary/aromatic N) is 2. The number of halogens is 1. The largest absolute Gasteiger partial charge is 0.494 e. The number of carbonyl (C=O) groups is 1. The molecule has 20 heavy (non-hydrogen) atoms. The molecule has 0 fully saturated rings. The van der Waals surface area contributed by atoms with Crippen LogP contribution in [0.25, 0.3) is 5.69 Å². The Bertz CT molecular complexity index is 667. The van der Waals surface area contributed by atoms with Gasteiger partial charge in [-0.1, -0.05) is 0 Å². The van der Waals surface area contributed by atoms with E-state index < -0.39 is 11.8 Å². The lowest BCUT2D eigenvalue weighted by atomic mass is 10.2. The maximum absolute atomic E-state index is 13.4. The summed E-state index contributed by atoms with van der Waals surface area (Å²) in [5.74, 6) is -0.423. The van der Waals surface area contributed by atoms with Crippen LogP contribution >= 0.6 is 0 Å². The summed E-state index contributed by atoms with van der Waals surface area (Å²) < 4.78 is 24.5. The smallest absolute Gasteiger partial charge is 0.360 e. The van der Waals surface area contributed by atoms with E-state index in [0.29, 0.717) is 11.5 Å². The van der Waals surface area contributed by atoms with Crippen molar-refractivity contribution in [3.63, 3.8) is 0 Å². The Balaban J connectivity index is 2.58. The highest BCUT2D eigenvalue weighted by atomic mass is 19.1. The number of hydrogen-bond donors (Lipinski definition) is 1. The van der Waals surface area contributed by atoms with Crippen molar-refractivity contribution in [2.24, 2.45) is 0 Å². The van der Waals surface area contributed by atoms with Crippen molar-refractivity contribution < 1.29 is 18.7 Å². The second-order valence-corrected chi connectivity index (χ2v) is 4.04. The molecule has 2 aromatic rings. The number of anilines is 1. The van der Waals surface area contributed by atoms with Gasteiger partial charge in [0.1, 0.15) is 11.6 Å². The van der Waals surface area contributed by atoms with Gasteiger partial charge in [0.15, 0.2) is 17.3 Å². The Labute approximate surface area is 114 Å². The number of aromatic nitrogens is 2. The Morgan fingerprint density at radius 1 is 1.40 bits per heavy atom. The molecule has 7 heteroatoms. The molecule has 1 aromatic carbocycles. The number of aryl methyl sites for hydroxylation is 1. The lowest BCUT2D eigenvalue weighted by molar-refractivity contribution is 0.0596. The molecule has 2 rings (SSSR count). The highest BCUT2D eigenvalue weighted by Gasteiger charge is 2.20. The third kappa shape index (κ3) is 2.18. The minimum Gasteiger partial charge on any atom is -0.494 e. The second-order valence-electron chi connectivity index (χ2n) is 4.04. The number of esters is 1. The minimum atomic E-state index is -0.626. The first-order valence-electron chi connectivity index (χ1n) is 5.76. The van der Waals surface area contributed by atoms with Crippen LogP contribution in [-0.4, -0.2) is 29.7 Å². The van der Waals surface area contributed by atoms with Gasteiger partial charge in [-0.25, -0.2) is 14.2 Å². The molecule has 0 saturated heterocycles. The van der Waals surface area contributed by atoms with E-state index in [-0.39, 0.29) is 17.3 Å². The quantitative estimate of drug-likeness (QED) is 0.865. The number of ether oxygens (including phenoxy) is 2. The van der Waals surface area contributed by atoms with Gasteiger partial charge in [-0.15, -0.1) is 0 Å². The molecule has 1 aromatic heterocycles. The number of methoxy groups -OCH3 is 2. The Hall–Kier alpha value is -2.57. The predicted molar refractivity (Wildman–Crippen MR) is 70.6 cm³/mol. The Morgan fingerprint density at radius 2 is 2.10 bits per heavy atom. The molecule has 0 amide bonds. The second kappa shape index (κ2) is 5.20. The van der Waals surface area contributed by atoms with Gasteiger partial charge in [0.2, 0.25) is 0 Å². The fraction of sp³-hybridized carbons (Fsp3) is 0.231. The van der Waals surface area contributed by atoms with Crippen molar-refractivity contribution in [2.45, 2.75) is 6.92 Å². The van der Waals surface area contributed by atoms with E-state index >= 15 is 0 Å². The molecule has 0 aliphatic rings. The Morgan fingerprint density at radius 3 is 2.70 bits per heavy atom. The predicted octanol–water partition coefficient (Wildman–Crippen LogP) is 1.70. The van der Waals surface area contributed by atoms with Gasteiger partial charge >= 0.3 is 5.97 Å². The number of rotatable bonds is 3. The van der Waals surface area contributed by atoms with Crippen LogP contribution in [0.5, 0.6) is 5.75 Å². The third-order valence-corrected chi connectivity index (χ3v) is 2.85. The fourth-order valence-corrected chi connectivity index (χ4v) is 1.91. The van der Waals surface area contributed by atoms with E-state index in [1.54, 1.807) is 6.92 Å². The van der Waals surface area contributed by atoms with Gasteiger partial charge in [-0.05, 0) is 19.1 Å². The molecular weight excluding hydrogens is 265 g/mol. The summed E-state index contributed by atoms with van der Waals surface area (Å²) in [6, 6.07) is 4.25. The van der Waals surface area contributed by atoms with Gasteiger partial charge in [-0.2, -0.15) is 0 Å². The summed E-state index contributed by atoms with van der Waals surface area (Å²) in [6.45, 7) is 1.68. The average Bonchev–Trinajstić information content (AvgIpc) is 2.74. The van der Waals surface area contributed by atoms with Crippen LogP contribution in [0.4, 0.5) is 10.2 Å². The molecule has 0 saturated carbocycles. The zero-order valence-corrected chi connectivity index (χ0v) is 11.3. The van der Waals surface area contributed by atoms with Gasteiger partial charge in [0.05, 0.1) is 19.9 Å². The molecule has 106 valence electrons. The summed E-state index contributed by atoms with van der Waals surface area (Å²) in [4.78, 5) is 15.6. The van der Waals surface area contributed by atoms with Crippen molar-refractivity contribution in [1.82, 2.24) is 9.55 Å². The fourth-order valence-electron chi connectivity index (χ4n) is 1.91. The molecule has 2 N–H and O–H groups in total. The topological polar surface area (TPSA) is 79.4 Å². The lowest BCUT2D eigenvalue weighted by Crippen LogP contribution is -2.08. The van der Waals surface area contributed by atoms with Crippen LogP contribution < -0.4 is 10.5 Å². The van der Waals surface area contributed by atoms with Crippen molar-refractivity contribution in [3.8, 4) is 11.4 Å². The minimum absolute atomic E-state index is 0.0216. The van der Waals surface area contributed by atoms with Crippen LogP contribution in [0, 0.1) is 12.7 Å². The Kier molecular flexibility index (Phi) is 3.60. The highest BCUT2D eigenvalue weighted by Crippen LogP contribution is 2.25. The lowest BCUT2D eigenvalue weighted by Gasteiger charge is -2.10. The summed E-state index contributed by atoms with van der Waals surface area (Å²) in [5.41, 5.74) is 6.47. The molecule has 0 radical (unpaired) electrons. The molecule has 0 atom stereocenters. The molecule has 0 aliphatic heterocycles. The average molecular weight is 279 g/mol. The molecular formula is C13H14FN3O3. The summed E-state index contributed by atoms with van der Waals surface area (Å²) >= 11 is 0. The summed E-state index contributed by atoms with van der Waals surface area (Å²) in [5, 5.41) is 0. The van der Waals surface area contributed by atoms with Crippen LogP contribution in [0.15, 0.2) is 18.2 Å². The molecule has 6 nitrogen and oxygen atoms in total. The number of nitrogen functional groups attached to an aromatic ring is 1. The van der Waals surface area contributed by atoms with E-state index in [9.17, 15) is 9.18 Å². The molecule has 0 bridgehead atoms. The molecule has 0 unspecified atom stereocenters. The standard InChI is InChI=1S/C13H14FN3O3/c1-7-16-11(13(18)20-3)12(15)17(7)8-4-5-9(14)10(6-8)19-2/h4-6H,15H2,1-3H3. The number of hydrogen-bond acceptors (Lipinski definition) is 5. The van der Waals surface area contributed by atoms with Crippen molar-refractivity contribution >= 4 is 11.8 Å². The first-order chi connectivity index (χ1) is 9.49. The molecule has 0 aliphatic carbocycles. The first kappa shape index (κ1) is 13.9. The summed E-state index contributed by atoms with van der Waals surface area (Å²) in [7, 11) is 2.61. The normalized spacial score (nSPS) is 10.4. The van der Waals surface area contributed by atoms with E-state index in [1.807, 2.05) is 0 Å². The van der Waals surface area contributed by atoms with Crippen LogP contribution in [-0.2, 0) is 4.74 Å². The monoisotopic (exact) mass is 279 g/mol. The van der Waals surface area contributed by atoms with Gasteiger partial charge in [0, 0.05) is 6.07 Å².